The van der Waals surface area contributed by atoms with Crippen LogP contribution in [0.1, 0.15) is 0 Å². The summed E-state index contributed by atoms with van der Waals surface area (Å²) in [5.74, 6) is 0. The third-order valence-corrected chi connectivity index (χ3v) is 0. The average Bonchev–Trinajstić information content (AvgIpc) is 1.00. The summed E-state index contributed by atoms with van der Waals surface area (Å²) in [4.78, 5) is 0. The van der Waals surface area contributed by atoms with Gasteiger partial charge in [-0.05, 0) is 0 Å². The number of hydrogen-bond acceptors (Lipinski definition) is 1. The van der Waals surface area contributed by atoms with Gasteiger partial charge in [-0.3, -0.25) is 0 Å². The van der Waals surface area contributed by atoms with E-state index < -0.39 is 0 Å². The SMILES string of the molecule is S.[Cu].[Ni].[O]=[Co]. The summed E-state index contributed by atoms with van der Waals surface area (Å²) in [5.41, 5.74) is 0. The molecule has 0 saturated heterocycles. The van der Waals surface area contributed by atoms with E-state index in [9.17, 15) is 0 Å². The van der Waals surface area contributed by atoms with Gasteiger partial charge in [0.1, 0.15) is 0 Å². The van der Waals surface area contributed by atoms with E-state index in [0.717, 1.165) is 0 Å². The first kappa shape index (κ1) is 30.1. The van der Waals surface area contributed by atoms with Crippen LogP contribution in [-0.2, 0) is 53.1 Å². The summed E-state index contributed by atoms with van der Waals surface area (Å²) in [6.45, 7) is 0. The van der Waals surface area contributed by atoms with E-state index >= 15 is 0 Å². The Hall–Kier alpha value is 1.67. The second-order valence-electron chi connectivity index (χ2n) is 0. The van der Waals surface area contributed by atoms with Gasteiger partial charge in [0.15, 0.2) is 0 Å². The van der Waals surface area contributed by atoms with E-state index in [-0.39, 0.29) is 47.1 Å². The predicted octanol–water partition coefficient (Wildman–Crippen LogP) is -0.0135. The van der Waals surface area contributed by atoms with Gasteiger partial charge in [0.05, 0.1) is 0 Å². The minimum absolute atomic E-state index is 0. The monoisotopic (exact) mass is 230 g/mol. The summed E-state index contributed by atoms with van der Waals surface area (Å²) in [6.07, 6.45) is 0. The van der Waals surface area contributed by atoms with Crippen LogP contribution in [0.3, 0.4) is 0 Å². The summed E-state index contributed by atoms with van der Waals surface area (Å²) in [7, 11) is 0. The summed E-state index contributed by atoms with van der Waals surface area (Å²) in [6, 6.07) is 0. The van der Waals surface area contributed by atoms with Crippen molar-refractivity contribution < 1.29 is 53.1 Å². The van der Waals surface area contributed by atoms with Crippen molar-refractivity contribution in [1.82, 2.24) is 0 Å². The maximum atomic E-state index is 7.94. The molecule has 44 valence electrons. The third kappa shape index (κ3) is 27.4. The van der Waals surface area contributed by atoms with Crippen molar-refractivity contribution in [2.45, 2.75) is 0 Å². The molecule has 0 aromatic rings. The zero-order chi connectivity index (χ0) is 2.00. The quantitative estimate of drug-likeness (QED) is 0.536. The number of rotatable bonds is 0. The summed E-state index contributed by atoms with van der Waals surface area (Å²) >= 11 is 2.31. The molecule has 0 aliphatic carbocycles. The molecule has 0 aromatic heterocycles. The molecule has 5 heavy (non-hydrogen) atoms. The average molecular weight is 231 g/mol. The van der Waals surface area contributed by atoms with Crippen LogP contribution in [0.25, 0.3) is 0 Å². The van der Waals surface area contributed by atoms with Crippen molar-refractivity contribution in [2.75, 3.05) is 0 Å². The molecule has 0 N–H and O–H groups in total. The van der Waals surface area contributed by atoms with Crippen LogP contribution in [0.5, 0.6) is 0 Å². The Kier molecular flexibility index (Phi) is 267. The Balaban J connectivity index is -0.00000000167. The zero-order valence-electron chi connectivity index (χ0n) is 1.86. The Morgan fingerprint density at radius 1 is 1.20 bits per heavy atom. The molecule has 5 heteroatoms. The predicted molar refractivity (Wildman–Crippen MR) is 11.1 cm³/mol. The number of hydrogen-bond donors (Lipinski definition) is 0. The maximum absolute atomic E-state index is 7.94. The van der Waals surface area contributed by atoms with E-state index in [1.807, 2.05) is 0 Å². The normalized spacial score (nSPS) is 1.00. The summed E-state index contributed by atoms with van der Waals surface area (Å²) in [5, 5.41) is 0. The van der Waals surface area contributed by atoms with Crippen LogP contribution in [0.2, 0.25) is 0 Å². The Morgan fingerprint density at radius 2 is 1.20 bits per heavy atom. The minimum atomic E-state index is 0. The molecule has 0 aromatic carbocycles. The molecule has 0 fully saturated rings. The topological polar surface area (TPSA) is 17.1 Å². The van der Waals surface area contributed by atoms with E-state index in [1.165, 1.54) is 0 Å². The molecule has 1 radical (unpaired) electrons. The molecule has 0 rings (SSSR count). The van der Waals surface area contributed by atoms with Crippen LogP contribution in [0, 0.1) is 0 Å². The fourth-order valence-corrected chi connectivity index (χ4v) is 0. The van der Waals surface area contributed by atoms with Crippen molar-refractivity contribution in [1.29, 1.82) is 0 Å². The van der Waals surface area contributed by atoms with Gasteiger partial charge in [0, 0.05) is 33.6 Å². The summed E-state index contributed by atoms with van der Waals surface area (Å²) < 4.78 is 7.94. The molecule has 0 saturated carbocycles. The van der Waals surface area contributed by atoms with Crippen molar-refractivity contribution in [3.8, 4) is 0 Å². The molecule has 1 nitrogen and oxygen atoms in total. The Labute approximate surface area is 66.3 Å². The molecule has 0 spiro atoms. The fraction of sp³-hybridized carbons (Fsp3) is 0. The van der Waals surface area contributed by atoms with Gasteiger partial charge < -0.3 is 0 Å². The molecule has 0 atom stereocenters. The fourth-order valence-electron chi connectivity index (χ4n) is 0. The van der Waals surface area contributed by atoms with Crippen LogP contribution in [0.4, 0.5) is 0 Å². The van der Waals surface area contributed by atoms with Crippen LogP contribution in [0.15, 0.2) is 0 Å². The molecule has 0 aliphatic rings. The van der Waals surface area contributed by atoms with Crippen molar-refractivity contribution in [2.24, 2.45) is 0 Å². The van der Waals surface area contributed by atoms with Crippen molar-refractivity contribution >= 4 is 13.5 Å². The molecular formula is H2CoCuNiOS. The first-order chi connectivity index (χ1) is 1.00. The van der Waals surface area contributed by atoms with Crippen LogP contribution >= 0.6 is 13.5 Å². The van der Waals surface area contributed by atoms with Gasteiger partial charge >= 0.3 is 19.5 Å². The molecule has 0 aliphatic heterocycles. The first-order valence-electron chi connectivity index (χ1n) is 0.136. The molecule has 0 heterocycles. The molecular weight excluding hydrogens is 229 g/mol. The third-order valence-electron chi connectivity index (χ3n) is 0. The van der Waals surface area contributed by atoms with Gasteiger partial charge in [-0.2, -0.15) is 13.5 Å². The van der Waals surface area contributed by atoms with Gasteiger partial charge in [-0.15, -0.1) is 0 Å². The van der Waals surface area contributed by atoms with E-state index in [4.69, 9.17) is 3.87 Å². The standard InChI is InChI=1S/Co.Cu.Ni.O.H2S/h;;;;1H2. The Bertz CT molecular complexity index is 11.6. The van der Waals surface area contributed by atoms with Gasteiger partial charge in [0.25, 0.3) is 0 Å². The van der Waals surface area contributed by atoms with E-state index in [2.05, 4.69) is 15.7 Å². The molecule has 0 amide bonds. The second-order valence-corrected chi connectivity index (χ2v) is 0. The second kappa shape index (κ2) is 44.4. The molecule has 0 bridgehead atoms. The van der Waals surface area contributed by atoms with E-state index in [0.29, 0.717) is 0 Å². The van der Waals surface area contributed by atoms with Gasteiger partial charge in [0.2, 0.25) is 0 Å². The van der Waals surface area contributed by atoms with Crippen LogP contribution < -0.4 is 0 Å². The first-order valence-corrected chi connectivity index (χ1v) is 0.561. The molecule has 0 unspecified atom stereocenters. The van der Waals surface area contributed by atoms with E-state index in [1.54, 1.807) is 0 Å². The van der Waals surface area contributed by atoms with Gasteiger partial charge in [-0.25, -0.2) is 0 Å². The van der Waals surface area contributed by atoms with Crippen molar-refractivity contribution in [3.63, 3.8) is 0 Å². The van der Waals surface area contributed by atoms with Crippen molar-refractivity contribution in [3.05, 3.63) is 0 Å². The van der Waals surface area contributed by atoms with Gasteiger partial charge in [-0.1, -0.05) is 0 Å². The van der Waals surface area contributed by atoms with Crippen LogP contribution in [-0.4, -0.2) is 0 Å². The Morgan fingerprint density at radius 3 is 1.20 bits per heavy atom. The zero-order valence-corrected chi connectivity index (χ0v) is 5.83.